The van der Waals surface area contributed by atoms with E-state index in [0.717, 1.165) is 30.5 Å². The zero-order valence-electron chi connectivity index (χ0n) is 19.6. The Morgan fingerprint density at radius 3 is 1.91 bits per heavy atom. The smallest absolute Gasteiger partial charge is 0.123 e. The van der Waals surface area contributed by atoms with E-state index in [-0.39, 0.29) is 23.8 Å². The predicted octanol–water partition coefficient (Wildman–Crippen LogP) is 7.42. The summed E-state index contributed by atoms with van der Waals surface area (Å²) in [4.78, 5) is 2.67. The minimum Gasteiger partial charge on any atom is -0.365 e. The van der Waals surface area contributed by atoms with E-state index in [1.807, 2.05) is 0 Å². The molecule has 2 saturated heterocycles. The van der Waals surface area contributed by atoms with Gasteiger partial charge in [0, 0.05) is 18.6 Å². The zero-order chi connectivity index (χ0) is 23.8. The van der Waals surface area contributed by atoms with Crippen molar-refractivity contribution in [2.45, 2.75) is 56.5 Å². The molecule has 6 rings (SSSR count). The van der Waals surface area contributed by atoms with E-state index in [4.69, 9.17) is 4.74 Å². The first-order valence-corrected chi connectivity index (χ1v) is 12.5. The minimum absolute atomic E-state index is 0.108. The highest BCUT2D eigenvalue weighted by Crippen LogP contribution is 2.41. The zero-order valence-corrected chi connectivity index (χ0v) is 19.6. The molecule has 2 aliphatic heterocycles. The molecule has 0 aliphatic carbocycles. The first-order valence-electron chi connectivity index (χ1n) is 12.5. The van der Waals surface area contributed by atoms with Crippen molar-refractivity contribution in [2.24, 2.45) is 0 Å². The minimum atomic E-state index is -0.342. The third kappa shape index (κ3) is 4.61. The average Bonchev–Trinajstić information content (AvgIpc) is 3.11. The Labute approximate surface area is 205 Å². The van der Waals surface area contributed by atoms with Gasteiger partial charge in [-0.2, -0.15) is 0 Å². The Hall–Kier alpha value is -3.08. The van der Waals surface area contributed by atoms with Crippen molar-refractivity contribution in [2.75, 3.05) is 0 Å². The van der Waals surface area contributed by atoms with Gasteiger partial charge in [0.15, 0.2) is 0 Å². The molecule has 4 aromatic carbocycles. The van der Waals surface area contributed by atoms with Crippen LogP contribution in [0.1, 0.15) is 48.5 Å². The van der Waals surface area contributed by atoms with Crippen molar-refractivity contribution >= 4 is 10.8 Å². The summed E-state index contributed by atoms with van der Waals surface area (Å²) < 4.78 is 33.9. The Morgan fingerprint density at radius 1 is 0.714 bits per heavy atom. The lowest BCUT2D eigenvalue weighted by molar-refractivity contribution is -0.0500. The van der Waals surface area contributed by atoms with Gasteiger partial charge in [-0.3, -0.25) is 4.90 Å². The van der Waals surface area contributed by atoms with E-state index in [9.17, 15) is 8.78 Å². The quantitative estimate of drug-likeness (QED) is 0.291. The summed E-state index contributed by atoms with van der Waals surface area (Å²) in [5.74, 6) is -0.544. The highest BCUT2D eigenvalue weighted by molar-refractivity contribution is 5.85. The molecule has 2 aliphatic rings. The molecular formula is C31H29F2NO. The first kappa shape index (κ1) is 22.4. The molecule has 4 aromatic rings. The van der Waals surface area contributed by atoms with Crippen LogP contribution in [0.15, 0.2) is 91.0 Å². The van der Waals surface area contributed by atoms with Gasteiger partial charge in [-0.25, -0.2) is 8.78 Å². The van der Waals surface area contributed by atoms with Gasteiger partial charge in [-0.15, -0.1) is 0 Å². The molecule has 2 fully saturated rings. The molecule has 0 radical (unpaired) electrons. The van der Waals surface area contributed by atoms with Gasteiger partial charge < -0.3 is 4.74 Å². The molecule has 178 valence electrons. The molecule has 0 saturated carbocycles. The Bertz CT molecular complexity index is 1240. The van der Waals surface area contributed by atoms with E-state index in [0.29, 0.717) is 12.1 Å². The fourth-order valence-corrected chi connectivity index (χ4v) is 6.04. The summed E-state index contributed by atoms with van der Waals surface area (Å²) >= 11 is 0. The van der Waals surface area contributed by atoms with Gasteiger partial charge >= 0.3 is 0 Å². The van der Waals surface area contributed by atoms with E-state index < -0.39 is 0 Å². The van der Waals surface area contributed by atoms with Gasteiger partial charge in [-0.1, -0.05) is 66.7 Å². The molecule has 0 spiro atoms. The predicted molar refractivity (Wildman–Crippen MR) is 135 cm³/mol. The van der Waals surface area contributed by atoms with Crippen molar-refractivity contribution in [1.29, 1.82) is 0 Å². The van der Waals surface area contributed by atoms with E-state index in [1.54, 1.807) is 24.3 Å². The lowest BCUT2D eigenvalue weighted by Crippen LogP contribution is -2.45. The summed E-state index contributed by atoms with van der Waals surface area (Å²) in [6, 6.07) is 29.1. The maximum atomic E-state index is 13.6. The monoisotopic (exact) mass is 469 g/mol. The summed E-state index contributed by atoms with van der Waals surface area (Å²) in [5.41, 5.74) is 3.17. The van der Waals surface area contributed by atoms with Crippen LogP contribution in [0.2, 0.25) is 0 Å². The molecule has 3 atom stereocenters. The lowest BCUT2D eigenvalue weighted by Gasteiger charge is -2.40. The molecule has 1 unspecified atom stereocenters. The molecule has 2 bridgehead atoms. The molecular weight excluding hydrogens is 440 g/mol. The fourth-order valence-electron chi connectivity index (χ4n) is 6.04. The Kier molecular flexibility index (Phi) is 6.09. The second-order valence-electron chi connectivity index (χ2n) is 9.91. The second kappa shape index (κ2) is 9.52. The SMILES string of the molecule is Fc1ccc(C(OC2C[C@H]3CC[C@@H](C2)N3Cc2cccc3ccccc23)c2ccc(F)cc2)cc1. The molecule has 0 amide bonds. The third-order valence-corrected chi connectivity index (χ3v) is 7.75. The lowest BCUT2D eigenvalue weighted by atomic mass is 9.96. The third-order valence-electron chi connectivity index (χ3n) is 7.75. The Morgan fingerprint density at radius 2 is 1.29 bits per heavy atom. The summed E-state index contributed by atoms with van der Waals surface area (Å²) in [6.45, 7) is 0.961. The largest absolute Gasteiger partial charge is 0.365 e. The van der Waals surface area contributed by atoms with Crippen LogP contribution in [0.25, 0.3) is 10.8 Å². The summed E-state index contributed by atoms with van der Waals surface area (Å²) in [7, 11) is 0. The van der Waals surface area contributed by atoms with Crippen LogP contribution in [0.4, 0.5) is 8.78 Å². The highest BCUT2D eigenvalue weighted by Gasteiger charge is 2.42. The van der Waals surface area contributed by atoms with Gasteiger partial charge in [0.1, 0.15) is 17.7 Å². The van der Waals surface area contributed by atoms with Crippen LogP contribution in [0, 0.1) is 11.6 Å². The van der Waals surface area contributed by atoms with Crippen LogP contribution in [-0.4, -0.2) is 23.1 Å². The number of hydrogen-bond acceptors (Lipinski definition) is 2. The first-order chi connectivity index (χ1) is 17.1. The van der Waals surface area contributed by atoms with E-state index in [2.05, 4.69) is 47.4 Å². The van der Waals surface area contributed by atoms with Gasteiger partial charge in [0.25, 0.3) is 0 Å². The molecule has 35 heavy (non-hydrogen) atoms. The van der Waals surface area contributed by atoms with Gasteiger partial charge in [0.05, 0.1) is 6.10 Å². The van der Waals surface area contributed by atoms with Crippen molar-refractivity contribution in [3.05, 3.63) is 119 Å². The van der Waals surface area contributed by atoms with Crippen LogP contribution in [0.3, 0.4) is 0 Å². The van der Waals surface area contributed by atoms with Crippen LogP contribution in [-0.2, 0) is 11.3 Å². The number of rotatable bonds is 6. The van der Waals surface area contributed by atoms with Crippen LogP contribution < -0.4 is 0 Å². The van der Waals surface area contributed by atoms with Gasteiger partial charge in [0.2, 0.25) is 0 Å². The number of fused-ring (bicyclic) bond motifs is 3. The average molecular weight is 470 g/mol. The van der Waals surface area contributed by atoms with Crippen LogP contribution in [0.5, 0.6) is 0 Å². The standard InChI is InChI=1S/C31H29F2NO/c32-25-12-8-22(9-13-25)31(23-10-14-26(33)15-11-23)35-29-18-27-16-17-28(19-29)34(27)20-24-6-3-5-21-4-1-2-7-30(21)24/h1-15,27-29,31H,16-20H2/t27-,28+,29?. The normalized spacial score (nSPS) is 22.2. The Balaban J connectivity index is 1.21. The maximum Gasteiger partial charge on any atom is 0.123 e. The van der Waals surface area contributed by atoms with Crippen LogP contribution >= 0.6 is 0 Å². The van der Waals surface area contributed by atoms with Crippen molar-refractivity contribution in [1.82, 2.24) is 4.90 Å². The second-order valence-corrected chi connectivity index (χ2v) is 9.91. The highest BCUT2D eigenvalue weighted by atomic mass is 19.1. The molecule has 2 nitrogen and oxygen atoms in total. The number of benzene rings is 4. The number of nitrogens with zero attached hydrogens (tertiary/aromatic N) is 1. The molecule has 4 heteroatoms. The van der Waals surface area contributed by atoms with Crippen molar-refractivity contribution < 1.29 is 13.5 Å². The maximum absolute atomic E-state index is 13.6. The summed E-state index contributed by atoms with van der Waals surface area (Å²) in [6.07, 6.45) is 4.09. The molecule has 0 aromatic heterocycles. The van der Waals surface area contributed by atoms with E-state index in [1.165, 1.54) is 53.4 Å². The topological polar surface area (TPSA) is 12.5 Å². The molecule has 0 N–H and O–H groups in total. The van der Waals surface area contributed by atoms with Crippen molar-refractivity contribution in [3.8, 4) is 0 Å². The molecule has 2 heterocycles. The number of ether oxygens (including phenoxy) is 1. The van der Waals surface area contributed by atoms with Gasteiger partial charge in [-0.05, 0) is 77.4 Å². The van der Waals surface area contributed by atoms with E-state index >= 15 is 0 Å². The fraction of sp³-hybridized carbons (Fsp3) is 0.290. The number of hydrogen-bond donors (Lipinski definition) is 0. The number of piperidine rings is 1. The van der Waals surface area contributed by atoms with Crippen molar-refractivity contribution in [3.63, 3.8) is 0 Å². The number of halogens is 2. The summed E-state index contributed by atoms with van der Waals surface area (Å²) in [5, 5.41) is 2.62.